The van der Waals surface area contributed by atoms with E-state index >= 15 is 0 Å². The van der Waals surface area contributed by atoms with E-state index in [-0.39, 0.29) is 12.5 Å². The average molecular weight is 403 g/mol. The van der Waals surface area contributed by atoms with Crippen LogP contribution in [0.2, 0.25) is 0 Å². The van der Waals surface area contributed by atoms with Gasteiger partial charge in [-0.3, -0.25) is 14.2 Å². The lowest BCUT2D eigenvalue weighted by atomic mass is 10.1. The van der Waals surface area contributed by atoms with Gasteiger partial charge < -0.3 is 5.32 Å². The Hall–Kier alpha value is -3.36. The molecule has 1 aromatic carbocycles. The zero-order valence-electron chi connectivity index (χ0n) is 15.9. The highest BCUT2D eigenvalue weighted by Crippen LogP contribution is 2.29. The van der Waals surface area contributed by atoms with Gasteiger partial charge in [0.25, 0.3) is 0 Å². The molecule has 29 heavy (non-hydrogen) atoms. The standard InChI is InChI=1S/C20H20F3N5O/c1-3-28-14(2)16(10-25-28)7-8-19(29)26-18-11-24-27(13-18)12-15-5-4-6-17(9-15)20(21,22)23/h4-11,13H,3,12H2,1-2H3,(H,26,29)/b8-7+. The fourth-order valence-electron chi connectivity index (χ4n) is 2.84. The van der Waals surface area contributed by atoms with Gasteiger partial charge in [0.15, 0.2) is 0 Å². The Kier molecular flexibility index (Phi) is 5.86. The molecule has 0 unspecified atom stereocenters. The minimum atomic E-state index is -4.39. The van der Waals surface area contributed by atoms with E-state index < -0.39 is 11.7 Å². The minimum Gasteiger partial charge on any atom is -0.320 e. The van der Waals surface area contributed by atoms with Crippen molar-refractivity contribution in [2.45, 2.75) is 33.1 Å². The summed E-state index contributed by atoms with van der Waals surface area (Å²) in [5, 5.41) is 11.0. The zero-order valence-corrected chi connectivity index (χ0v) is 15.9. The van der Waals surface area contributed by atoms with E-state index in [9.17, 15) is 18.0 Å². The lowest BCUT2D eigenvalue weighted by Gasteiger charge is -2.08. The first-order valence-electron chi connectivity index (χ1n) is 8.96. The maximum absolute atomic E-state index is 12.8. The minimum absolute atomic E-state index is 0.158. The fraction of sp³-hybridized carbons (Fsp3) is 0.250. The summed E-state index contributed by atoms with van der Waals surface area (Å²) >= 11 is 0. The van der Waals surface area contributed by atoms with Crippen molar-refractivity contribution in [1.82, 2.24) is 19.6 Å². The molecule has 3 aromatic rings. The second-order valence-corrected chi connectivity index (χ2v) is 6.45. The molecule has 2 heterocycles. The van der Waals surface area contributed by atoms with Gasteiger partial charge in [0.2, 0.25) is 5.91 Å². The molecule has 0 atom stereocenters. The van der Waals surface area contributed by atoms with Crippen molar-refractivity contribution in [3.63, 3.8) is 0 Å². The van der Waals surface area contributed by atoms with Crippen LogP contribution in [0.1, 0.15) is 29.3 Å². The van der Waals surface area contributed by atoms with Gasteiger partial charge in [0.1, 0.15) is 0 Å². The largest absolute Gasteiger partial charge is 0.416 e. The molecule has 0 bridgehead atoms. The number of alkyl halides is 3. The summed E-state index contributed by atoms with van der Waals surface area (Å²) in [5.41, 5.74) is 2.02. The molecule has 2 aromatic heterocycles. The summed E-state index contributed by atoms with van der Waals surface area (Å²) in [4.78, 5) is 12.1. The Bertz CT molecular complexity index is 1030. The highest BCUT2D eigenvalue weighted by Gasteiger charge is 2.30. The highest BCUT2D eigenvalue weighted by atomic mass is 19.4. The topological polar surface area (TPSA) is 64.7 Å². The Labute approximate surface area is 165 Å². The SMILES string of the molecule is CCn1ncc(/C=C/C(=O)Nc2cnn(Cc3cccc(C(F)(F)F)c3)c2)c1C. The molecule has 1 N–H and O–H groups in total. The number of carbonyl (C=O) groups excluding carboxylic acids is 1. The summed E-state index contributed by atoms with van der Waals surface area (Å²) in [5.74, 6) is -0.340. The monoisotopic (exact) mass is 403 g/mol. The lowest BCUT2D eigenvalue weighted by molar-refractivity contribution is -0.137. The number of benzene rings is 1. The number of hydrogen-bond donors (Lipinski definition) is 1. The van der Waals surface area contributed by atoms with E-state index in [2.05, 4.69) is 15.5 Å². The number of rotatable bonds is 6. The van der Waals surface area contributed by atoms with E-state index in [0.717, 1.165) is 29.9 Å². The molecule has 9 heteroatoms. The van der Waals surface area contributed by atoms with Crippen LogP contribution in [0.3, 0.4) is 0 Å². The van der Waals surface area contributed by atoms with Gasteiger partial charge in [-0.1, -0.05) is 12.1 Å². The van der Waals surface area contributed by atoms with E-state index in [1.165, 1.54) is 23.0 Å². The van der Waals surface area contributed by atoms with Crippen LogP contribution < -0.4 is 5.32 Å². The van der Waals surface area contributed by atoms with Crippen LogP contribution in [-0.2, 0) is 24.1 Å². The molecule has 0 aliphatic heterocycles. The van der Waals surface area contributed by atoms with Crippen molar-refractivity contribution >= 4 is 17.7 Å². The maximum atomic E-state index is 12.8. The summed E-state index contributed by atoms with van der Waals surface area (Å²) in [6.45, 7) is 4.81. The summed E-state index contributed by atoms with van der Waals surface area (Å²) in [6, 6.07) is 5.06. The Morgan fingerprint density at radius 1 is 1.24 bits per heavy atom. The molecule has 0 saturated heterocycles. The van der Waals surface area contributed by atoms with E-state index in [0.29, 0.717) is 11.3 Å². The van der Waals surface area contributed by atoms with Crippen molar-refractivity contribution < 1.29 is 18.0 Å². The molecule has 0 fully saturated rings. The number of aromatic nitrogens is 4. The van der Waals surface area contributed by atoms with Gasteiger partial charge in [-0.15, -0.1) is 0 Å². The van der Waals surface area contributed by atoms with Gasteiger partial charge in [0.05, 0.1) is 30.2 Å². The molecule has 1 amide bonds. The van der Waals surface area contributed by atoms with Crippen LogP contribution in [0.25, 0.3) is 6.08 Å². The Morgan fingerprint density at radius 3 is 2.72 bits per heavy atom. The van der Waals surface area contributed by atoms with Crippen molar-refractivity contribution in [3.05, 3.63) is 71.3 Å². The second-order valence-electron chi connectivity index (χ2n) is 6.45. The molecule has 3 rings (SSSR count). The second kappa shape index (κ2) is 8.34. The molecule has 0 radical (unpaired) electrons. The van der Waals surface area contributed by atoms with Crippen molar-refractivity contribution in [2.24, 2.45) is 0 Å². The van der Waals surface area contributed by atoms with Crippen LogP contribution >= 0.6 is 0 Å². The molecule has 0 saturated carbocycles. The third kappa shape index (κ3) is 5.13. The van der Waals surface area contributed by atoms with Crippen molar-refractivity contribution in [2.75, 3.05) is 5.32 Å². The van der Waals surface area contributed by atoms with Crippen molar-refractivity contribution in [1.29, 1.82) is 0 Å². The van der Waals surface area contributed by atoms with E-state index in [1.54, 1.807) is 24.5 Å². The number of nitrogens with zero attached hydrogens (tertiary/aromatic N) is 4. The summed E-state index contributed by atoms with van der Waals surface area (Å²) in [7, 11) is 0. The van der Waals surface area contributed by atoms with Crippen molar-refractivity contribution in [3.8, 4) is 0 Å². The van der Waals surface area contributed by atoms with Crippen LogP contribution in [0.15, 0.2) is 48.9 Å². The number of amides is 1. The van der Waals surface area contributed by atoms with E-state index in [4.69, 9.17) is 0 Å². The van der Waals surface area contributed by atoms with Gasteiger partial charge >= 0.3 is 6.18 Å². The van der Waals surface area contributed by atoms with Crippen LogP contribution in [0.5, 0.6) is 0 Å². The predicted octanol–water partition coefficient (Wildman–Crippen LogP) is 4.13. The van der Waals surface area contributed by atoms with Crippen LogP contribution in [0, 0.1) is 6.92 Å². The zero-order chi connectivity index (χ0) is 21.0. The average Bonchev–Trinajstić information content (AvgIpc) is 3.25. The van der Waals surface area contributed by atoms with Crippen LogP contribution in [-0.4, -0.2) is 25.5 Å². The summed E-state index contributed by atoms with van der Waals surface area (Å²) < 4.78 is 41.7. The molecule has 0 aliphatic carbocycles. The third-order valence-electron chi connectivity index (χ3n) is 4.35. The van der Waals surface area contributed by atoms with Gasteiger partial charge in [0, 0.05) is 30.1 Å². The smallest absolute Gasteiger partial charge is 0.320 e. The van der Waals surface area contributed by atoms with Gasteiger partial charge in [-0.25, -0.2) is 0 Å². The van der Waals surface area contributed by atoms with Crippen LogP contribution in [0.4, 0.5) is 18.9 Å². The summed E-state index contributed by atoms with van der Waals surface area (Å²) in [6.07, 6.45) is 3.38. The number of aryl methyl sites for hydroxylation is 1. The molecule has 152 valence electrons. The maximum Gasteiger partial charge on any atom is 0.416 e. The molecule has 6 nitrogen and oxygen atoms in total. The normalized spacial score (nSPS) is 11.9. The Morgan fingerprint density at radius 2 is 2.03 bits per heavy atom. The number of hydrogen-bond acceptors (Lipinski definition) is 3. The molecule has 0 aliphatic rings. The molecule has 0 spiro atoms. The first-order valence-corrected chi connectivity index (χ1v) is 8.96. The first-order chi connectivity index (χ1) is 13.8. The predicted molar refractivity (Wildman–Crippen MR) is 103 cm³/mol. The number of anilines is 1. The number of halogens is 3. The van der Waals surface area contributed by atoms with Gasteiger partial charge in [-0.2, -0.15) is 23.4 Å². The number of carbonyl (C=O) groups is 1. The fourth-order valence-corrected chi connectivity index (χ4v) is 2.84. The number of nitrogens with one attached hydrogen (secondary N) is 1. The molecular weight excluding hydrogens is 383 g/mol. The highest BCUT2D eigenvalue weighted by molar-refractivity contribution is 6.01. The van der Waals surface area contributed by atoms with E-state index in [1.807, 2.05) is 18.5 Å². The lowest BCUT2D eigenvalue weighted by Crippen LogP contribution is -2.08. The quantitative estimate of drug-likeness (QED) is 0.630. The molecular formula is C20H20F3N5O. The first kappa shape index (κ1) is 20.4. The van der Waals surface area contributed by atoms with Gasteiger partial charge in [-0.05, 0) is 37.6 Å². The Balaban J connectivity index is 1.62. The third-order valence-corrected chi connectivity index (χ3v) is 4.35.